The highest BCUT2D eigenvalue weighted by Gasteiger charge is 2.29. The van der Waals surface area contributed by atoms with Gasteiger partial charge in [-0.25, -0.2) is 0 Å². The molecular formula is C16H23NO3. The van der Waals surface area contributed by atoms with Gasteiger partial charge >= 0.3 is 0 Å². The third kappa shape index (κ3) is 3.31. The number of aliphatic hydroxyl groups is 1. The monoisotopic (exact) mass is 277 g/mol. The minimum Gasteiger partial charge on any atom is -0.496 e. The predicted octanol–water partition coefficient (Wildman–Crippen LogP) is 2.34. The summed E-state index contributed by atoms with van der Waals surface area (Å²) >= 11 is 0. The van der Waals surface area contributed by atoms with Crippen LogP contribution in [0.2, 0.25) is 0 Å². The number of likely N-dealkylation sites (tertiary alicyclic amines) is 1. The average Bonchev–Trinajstić information content (AvgIpc) is 2.79. The van der Waals surface area contributed by atoms with E-state index in [0.717, 1.165) is 36.3 Å². The van der Waals surface area contributed by atoms with Crippen LogP contribution in [-0.4, -0.2) is 29.6 Å². The number of methoxy groups -OCH3 is 1. The number of carbonyl (C=O) groups excluding carboxylic acids is 1. The maximum absolute atomic E-state index is 12.1. The summed E-state index contributed by atoms with van der Waals surface area (Å²) in [5.41, 5.74) is 1.81. The molecule has 1 aromatic rings. The molecule has 0 radical (unpaired) electrons. The van der Waals surface area contributed by atoms with Crippen molar-refractivity contribution in [3.05, 3.63) is 29.3 Å². The van der Waals surface area contributed by atoms with E-state index in [1.807, 2.05) is 23.1 Å². The normalized spacial score (nSPS) is 18.6. The van der Waals surface area contributed by atoms with Crippen molar-refractivity contribution >= 4 is 5.91 Å². The van der Waals surface area contributed by atoms with E-state index in [2.05, 4.69) is 6.92 Å². The van der Waals surface area contributed by atoms with E-state index >= 15 is 0 Å². The zero-order chi connectivity index (χ0) is 14.5. The van der Waals surface area contributed by atoms with Crippen molar-refractivity contribution in [1.29, 1.82) is 0 Å². The van der Waals surface area contributed by atoms with Crippen molar-refractivity contribution in [2.45, 2.75) is 39.3 Å². The van der Waals surface area contributed by atoms with Crippen LogP contribution in [0.1, 0.15) is 37.3 Å². The van der Waals surface area contributed by atoms with Crippen molar-refractivity contribution in [2.24, 2.45) is 5.92 Å². The van der Waals surface area contributed by atoms with Crippen LogP contribution in [0.25, 0.3) is 0 Å². The van der Waals surface area contributed by atoms with Crippen LogP contribution in [0.15, 0.2) is 18.2 Å². The second-order valence-corrected chi connectivity index (χ2v) is 5.44. The van der Waals surface area contributed by atoms with Gasteiger partial charge < -0.3 is 14.7 Å². The molecule has 20 heavy (non-hydrogen) atoms. The number of hydrogen-bond acceptors (Lipinski definition) is 3. The van der Waals surface area contributed by atoms with Crippen molar-refractivity contribution in [3.63, 3.8) is 0 Å². The fourth-order valence-electron chi connectivity index (χ4n) is 2.87. The van der Waals surface area contributed by atoms with E-state index in [-0.39, 0.29) is 12.5 Å². The van der Waals surface area contributed by atoms with Crippen LogP contribution < -0.4 is 4.74 Å². The lowest BCUT2D eigenvalue weighted by atomic mass is 10.0. The molecule has 2 rings (SSSR count). The van der Waals surface area contributed by atoms with Crippen molar-refractivity contribution in [1.82, 2.24) is 4.90 Å². The molecule has 1 N–H and O–H groups in total. The number of benzene rings is 1. The summed E-state index contributed by atoms with van der Waals surface area (Å²) in [7, 11) is 1.63. The fourth-order valence-corrected chi connectivity index (χ4v) is 2.87. The molecule has 0 spiro atoms. The Hall–Kier alpha value is -1.55. The van der Waals surface area contributed by atoms with E-state index < -0.39 is 0 Å². The van der Waals surface area contributed by atoms with Crippen LogP contribution in [0, 0.1) is 5.92 Å². The minimum absolute atomic E-state index is 0.00337. The van der Waals surface area contributed by atoms with Gasteiger partial charge in [-0.1, -0.05) is 19.4 Å². The van der Waals surface area contributed by atoms with Crippen LogP contribution >= 0.6 is 0 Å². The molecule has 1 fully saturated rings. The summed E-state index contributed by atoms with van der Waals surface area (Å²) < 4.78 is 5.35. The van der Waals surface area contributed by atoms with Crippen molar-refractivity contribution < 1.29 is 14.6 Å². The second-order valence-electron chi connectivity index (χ2n) is 5.44. The Morgan fingerprint density at radius 1 is 1.45 bits per heavy atom. The Labute approximate surface area is 120 Å². The standard InChI is InChI=1S/C16H23NO3/c1-3-4-12-8-16(19)17(9-12)10-14-7-13(11-18)5-6-15(14)20-2/h5-7,12,18H,3-4,8-11H2,1-2H3. The van der Waals surface area contributed by atoms with Crippen LogP contribution in [-0.2, 0) is 17.9 Å². The summed E-state index contributed by atoms with van der Waals surface area (Å²) in [4.78, 5) is 14.0. The summed E-state index contributed by atoms with van der Waals surface area (Å²) in [5, 5.41) is 9.23. The number of amides is 1. The molecule has 1 saturated heterocycles. The number of hydrogen-bond donors (Lipinski definition) is 1. The number of rotatable bonds is 6. The van der Waals surface area contributed by atoms with Crippen LogP contribution in [0.4, 0.5) is 0 Å². The van der Waals surface area contributed by atoms with Gasteiger partial charge in [0.2, 0.25) is 5.91 Å². The van der Waals surface area contributed by atoms with E-state index in [4.69, 9.17) is 4.74 Å². The topological polar surface area (TPSA) is 49.8 Å². The first-order valence-corrected chi connectivity index (χ1v) is 7.22. The molecule has 0 aliphatic carbocycles. The third-order valence-corrected chi connectivity index (χ3v) is 3.88. The van der Waals surface area contributed by atoms with Gasteiger partial charge in [0.15, 0.2) is 0 Å². The number of ether oxygens (including phenoxy) is 1. The predicted molar refractivity (Wildman–Crippen MR) is 77.3 cm³/mol. The molecule has 0 saturated carbocycles. The Bertz CT molecular complexity index is 473. The second kappa shape index (κ2) is 6.75. The first kappa shape index (κ1) is 14.9. The minimum atomic E-state index is 0.00337. The molecule has 0 aromatic heterocycles. The van der Waals surface area contributed by atoms with Gasteiger partial charge in [-0.3, -0.25) is 4.79 Å². The van der Waals surface area contributed by atoms with Gasteiger partial charge in [0.25, 0.3) is 0 Å². The summed E-state index contributed by atoms with van der Waals surface area (Å²) in [6.07, 6.45) is 2.89. The molecule has 1 aliphatic rings. The third-order valence-electron chi connectivity index (χ3n) is 3.88. The van der Waals surface area contributed by atoms with Crippen molar-refractivity contribution in [2.75, 3.05) is 13.7 Å². The molecule has 4 heteroatoms. The molecule has 110 valence electrons. The fraction of sp³-hybridized carbons (Fsp3) is 0.562. The van der Waals surface area contributed by atoms with Gasteiger partial charge in [0.1, 0.15) is 5.75 Å². The number of carbonyl (C=O) groups is 1. The van der Waals surface area contributed by atoms with Gasteiger partial charge in [0, 0.05) is 25.1 Å². The number of aliphatic hydroxyl groups excluding tert-OH is 1. The van der Waals surface area contributed by atoms with Gasteiger partial charge in [-0.05, 0) is 30.0 Å². The SMILES string of the molecule is CCCC1CC(=O)N(Cc2cc(CO)ccc2OC)C1. The molecule has 1 atom stereocenters. The maximum Gasteiger partial charge on any atom is 0.223 e. The molecule has 1 aromatic carbocycles. The lowest BCUT2D eigenvalue weighted by Crippen LogP contribution is -2.25. The Kier molecular flexibility index (Phi) is 5.01. The van der Waals surface area contributed by atoms with Crippen molar-refractivity contribution in [3.8, 4) is 5.75 Å². The first-order valence-electron chi connectivity index (χ1n) is 7.22. The Morgan fingerprint density at radius 3 is 2.90 bits per heavy atom. The Morgan fingerprint density at radius 2 is 2.25 bits per heavy atom. The highest BCUT2D eigenvalue weighted by molar-refractivity contribution is 5.78. The zero-order valence-corrected chi connectivity index (χ0v) is 12.3. The molecule has 1 amide bonds. The number of nitrogens with zero attached hydrogens (tertiary/aromatic N) is 1. The molecular weight excluding hydrogens is 254 g/mol. The molecule has 1 heterocycles. The largest absolute Gasteiger partial charge is 0.496 e. The average molecular weight is 277 g/mol. The summed E-state index contributed by atoms with van der Waals surface area (Å²) in [6.45, 7) is 3.56. The van der Waals surface area contributed by atoms with Crippen LogP contribution in [0.3, 0.4) is 0 Å². The Balaban J connectivity index is 2.11. The van der Waals surface area contributed by atoms with Gasteiger partial charge in [-0.2, -0.15) is 0 Å². The smallest absolute Gasteiger partial charge is 0.223 e. The molecule has 1 aliphatic heterocycles. The molecule has 4 nitrogen and oxygen atoms in total. The van der Waals surface area contributed by atoms with E-state index in [0.29, 0.717) is 18.9 Å². The lowest BCUT2D eigenvalue weighted by Gasteiger charge is -2.19. The van der Waals surface area contributed by atoms with Gasteiger partial charge in [-0.15, -0.1) is 0 Å². The lowest BCUT2D eigenvalue weighted by molar-refractivity contribution is -0.128. The summed E-state index contributed by atoms with van der Waals surface area (Å²) in [6, 6.07) is 5.61. The quantitative estimate of drug-likeness (QED) is 0.868. The van der Waals surface area contributed by atoms with Crippen LogP contribution in [0.5, 0.6) is 5.75 Å². The maximum atomic E-state index is 12.1. The van der Waals surface area contributed by atoms with E-state index in [1.165, 1.54) is 0 Å². The van der Waals surface area contributed by atoms with E-state index in [1.54, 1.807) is 7.11 Å². The summed E-state index contributed by atoms with van der Waals surface area (Å²) in [5.74, 6) is 1.48. The first-order chi connectivity index (χ1) is 9.67. The molecule has 0 bridgehead atoms. The highest BCUT2D eigenvalue weighted by atomic mass is 16.5. The molecule has 1 unspecified atom stereocenters. The van der Waals surface area contributed by atoms with E-state index in [9.17, 15) is 9.90 Å². The highest BCUT2D eigenvalue weighted by Crippen LogP contribution is 2.27. The van der Waals surface area contributed by atoms with Gasteiger partial charge in [0.05, 0.1) is 13.7 Å². The zero-order valence-electron chi connectivity index (χ0n) is 12.3.